The Kier molecular flexibility index (Phi) is 2.83. The van der Waals surface area contributed by atoms with E-state index in [2.05, 4.69) is 10.2 Å². The van der Waals surface area contributed by atoms with Crippen LogP contribution in [0.2, 0.25) is 0 Å². The molecule has 4 nitrogen and oxygen atoms in total. The maximum atomic E-state index is 12.8. The molecule has 94 valence electrons. The van der Waals surface area contributed by atoms with Gasteiger partial charge in [-0.15, -0.1) is 10.2 Å². The van der Waals surface area contributed by atoms with Gasteiger partial charge in [-0.2, -0.15) is 0 Å². The Morgan fingerprint density at radius 2 is 2.06 bits per heavy atom. The lowest BCUT2D eigenvalue weighted by Crippen LogP contribution is -2.17. The van der Waals surface area contributed by atoms with Crippen LogP contribution in [0.15, 0.2) is 24.3 Å². The highest BCUT2D eigenvalue weighted by atomic mass is 19.1. The minimum Gasteiger partial charge on any atom is -0.385 e. The zero-order valence-corrected chi connectivity index (χ0v) is 9.88. The number of aliphatic hydroxyl groups is 1. The van der Waals surface area contributed by atoms with E-state index in [-0.39, 0.29) is 5.82 Å². The van der Waals surface area contributed by atoms with E-state index in [0.717, 1.165) is 30.8 Å². The molecule has 0 aliphatic carbocycles. The molecule has 1 N–H and O–H groups in total. The first-order chi connectivity index (χ1) is 8.74. The quantitative estimate of drug-likeness (QED) is 0.881. The van der Waals surface area contributed by atoms with E-state index < -0.39 is 6.10 Å². The van der Waals surface area contributed by atoms with E-state index in [0.29, 0.717) is 12.2 Å². The Hall–Kier alpha value is -1.75. The first-order valence-corrected chi connectivity index (χ1v) is 6.08. The zero-order valence-electron chi connectivity index (χ0n) is 9.88. The number of fused-ring (bicyclic) bond motifs is 1. The van der Waals surface area contributed by atoms with Gasteiger partial charge in [0.05, 0.1) is 0 Å². The monoisotopic (exact) mass is 247 g/mol. The molecule has 1 atom stereocenters. The summed E-state index contributed by atoms with van der Waals surface area (Å²) in [6, 6.07) is 6.38. The van der Waals surface area contributed by atoms with Gasteiger partial charge < -0.3 is 9.67 Å². The third-order valence-corrected chi connectivity index (χ3v) is 3.29. The molecule has 1 unspecified atom stereocenters. The van der Waals surface area contributed by atoms with E-state index in [9.17, 15) is 9.50 Å². The summed E-state index contributed by atoms with van der Waals surface area (Å²) in [5.74, 6) is 1.24. The second-order valence-electron chi connectivity index (χ2n) is 4.59. The number of benzene rings is 1. The van der Waals surface area contributed by atoms with Crippen LogP contribution in [0, 0.1) is 5.82 Å². The SMILES string of the molecule is OC1CCCn2c(Cc3ccc(F)cc3)nnc21. The van der Waals surface area contributed by atoms with Crippen LogP contribution in [0.4, 0.5) is 4.39 Å². The lowest BCUT2D eigenvalue weighted by Gasteiger charge is -2.19. The van der Waals surface area contributed by atoms with Crippen molar-refractivity contribution in [1.82, 2.24) is 14.8 Å². The van der Waals surface area contributed by atoms with Crippen molar-refractivity contribution in [2.24, 2.45) is 0 Å². The second-order valence-corrected chi connectivity index (χ2v) is 4.59. The van der Waals surface area contributed by atoms with Gasteiger partial charge in [0, 0.05) is 13.0 Å². The van der Waals surface area contributed by atoms with Crippen molar-refractivity contribution in [1.29, 1.82) is 0 Å². The highest BCUT2D eigenvalue weighted by Gasteiger charge is 2.23. The van der Waals surface area contributed by atoms with Gasteiger partial charge in [-0.25, -0.2) is 4.39 Å². The standard InChI is InChI=1S/C13H14FN3O/c14-10-5-3-9(4-6-10)8-12-15-16-13-11(18)2-1-7-17(12)13/h3-6,11,18H,1-2,7-8H2. The van der Waals surface area contributed by atoms with Gasteiger partial charge in [-0.1, -0.05) is 12.1 Å². The number of aliphatic hydroxyl groups excluding tert-OH is 1. The Balaban J connectivity index is 1.87. The summed E-state index contributed by atoms with van der Waals surface area (Å²) < 4.78 is 14.8. The predicted molar refractivity (Wildman–Crippen MR) is 63.4 cm³/mol. The maximum absolute atomic E-state index is 12.8. The molecule has 2 aromatic rings. The van der Waals surface area contributed by atoms with Gasteiger partial charge in [0.2, 0.25) is 0 Å². The second kappa shape index (κ2) is 4.49. The zero-order chi connectivity index (χ0) is 12.5. The Morgan fingerprint density at radius 3 is 2.83 bits per heavy atom. The van der Waals surface area contributed by atoms with Crippen LogP contribution in [-0.2, 0) is 13.0 Å². The molecule has 2 heterocycles. The Morgan fingerprint density at radius 1 is 1.28 bits per heavy atom. The molecule has 0 bridgehead atoms. The van der Waals surface area contributed by atoms with Crippen molar-refractivity contribution in [3.8, 4) is 0 Å². The molecule has 18 heavy (non-hydrogen) atoms. The Labute approximate surface area is 104 Å². The molecule has 0 saturated carbocycles. The van der Waals surface area contributed by atoms with Crippen molar-refractivity contribution >= 4 is 0 Å². The molecule has 0 fully saturated rings. The van der Waals surface area contributed by atoms with Crippen LogP contribution in [0.5, 0.6) is 0 Å². The van der Waals surface area contributed by atoms with Gasteiger partial charge in [0.25, 0.3) is 0 Å². The van der Waals surface area contributed by atoms with Crippen LogP contribution in [0.25, 0.3) is 0 Å². The van der Waals surface area contributed by atoms with Gasteiger partial charge >= 0.3 is 0 Å². The molecule has 0 amide bonds. The molecule has 0 saturated heterocycles. The molecule has 5 heteroatoms. The van der Waals surface area contributed by atoms with Crippen LogP contribution < -0.4 is 0 Å². The average Bonchev–Trinajstić information content (AvgIpc) is 2.77. The number of halogens is 1. The van der Waals surface area contributed by atoms with Gasteiger partial charge in [-0.05, 0) is 30.5 Å². The molecule has 0 spiro atoms. The van der Waals surface area contributed by atoms with E-state index in [1.54, 1.807) is 12.1 Å². The summed E-state index contributed by atoms with van der Waals surface area (Å²) in [6.07, 6.45) is 1.78. The summed E-state index contributed by atoms with van der Waals surface area (Å²) in [5, 5.41) is 18.0. The predicted octanol–water partition coefficient (Wildman–Crippen LogP) is 1.84. The first kappa shape index (κ1) is 11.3. The van der Waals surface area contributed by atoms with Gasteiger partial charge in [-0.3, -0.25) is 0 Å². The fourth-order valence-electron chi connectivity index (χ4n) is 2.33. The summed E-state index contributed by atoms with van der Waals surface area (Å²) in [7, 11) is 0. The lowest BCUT2D eigenvalue weighted by molar-refractivity contribution is 0.133. The molecular weight excluding hydrogens is 233 g/mol. The highest BCUT2D eigenvalue weighted by molar-refractivity contribution is 5.20. The largest absolute Gasteiger partial charge is 0.385 e. The minimum atomic E-state index is -0.506. The minimum absolute atomic E-state index is 0.238. The molecule has 0 radical (unpaired) electrons. The summed E-state index contributed by atoms with van der Waals surface area (Å²) >= 11 is 0. The lowest BCUT2D eigenvalue weighted by atomic mass is 10.1. The van der Waals surface area contributed by atoms with Crippen LogP contribution >= 0.6 is 0 Å². The molecule has 1 aliphatic rings. The number of aromatic nitrogens is 3. The number of hydrogen-bond donors (Lipinski definition) is 1. The molecule has 3 rings (SSSR count). The highest BCUT2D eigenvalue weighted by Crippen LogP contribution is 2.24. The summed E-state index contributed by atoms with van der Waals surface area (Å²) in [4.78, 5) is 0. The van der Waals surface area contributed by atoms with E-state index in [1.165, 1.54) is 12.1 Å². The fraction of sp³-hybridized carbons (Fsp3) is 0.385. The number of nitrogens with zero attached hydrogens (tertiary/aromatic N) is 3. The summed E-state index contributed by atoms with van der Waals surface area (Å²) in [5.41, 5.74) is 0.992. The number of rotatable bonds is 2. The summed E-state index contributed by atoms with van der Waals surface area (Å²) in [6.45, 7) is 0.843. The molecule has 1 aromatic heterocycles. The average molecular weight is 247 g/mol. The first-order valence-electron chi connectivity index (χ1n) is 6.08. The van der Waals surface area contributed by atoms with Crippen molar-refractivity contribution in [2.45, 2.75) is 31.9 Å². The van der Waals surface area contributed by atoms with Crippen molar-refractivity contribution < 1.29 is 9.50 Å². The maximum Gasteiger partial charge on any atom is 0.161 e. The Bertz CT molecular complexity index is 550. The molecular formula is C13H14FN3O. The van der Waals surface area contributed by atoms with Crippen molar-refractivity contribution in [2.75, 3.05) is 0 Å². The topological polar surface area (TPSA) is 50.9 Å². The molecule has 1 aromatic carbocycles. The normalized spacial score (nSPS) is 18.7. The fourth-order valence-corrected chi connectivity index (χ4v) is 2.33. The van der Waals surface area contributed by atoms with Crippen molar-refractivity contribution in [3.63, 3.8) is 0 Å². The van der Waals surface area contributed by atoms with E-state index in [4.69, 9.17) is 0 Å². The van der Waals surface area contributed by atoms with E-state index >= 15 is 0 Å². The van der Waals surface area contributed by atoms with Crippen molar-refractivity contribution in [3.05, 3.63) is 47.3 Å². The van der Waals surface area contributed by atoms with Gasteiger partial charge in [0.15, 0.2) is 5.82 Å². The van der Waals surface area contributed by atoms with Crippen LogP contribution in [0.1, 0.15) is 36.2 Å². The third-order valence-electron chi connectivity index (χ3n) is 3.29. The van der Waals surface area contributed by atoms with Crippen LogP contribution in [0.3, 0.4) is 0 Å². The van der Waals surface area contributed by atoms with Gasteiger partial charge in [0.1, 0.15) is 17.7 Å². The molecule has 1 aliphatic heterocycles. The number of hydrogen-bond acceptors (Lipinski definition) is 3. The van der Waals surface area contributed by atoms with E-state index in [1.807, 2.05) is 4.57 Å². The van der Waals surface area contributed by atoms with Crippen LogP contribution in [-0.4, -0.2) is 19.9 Å². The smallest absolute Gasteiger partial charge is 0.161 e. The third kappa shape index (κ3) is 2.01.